The lowest BCUT2D eigenvalue weighted by molar-refractivity contribution is -0.148. The molecule has 0 saturated heterocycles. The number of anilines is 1. The smallest absolute Gasteiger partial charge is 0.331 e. The average molecular weight is 478 g/mol. The maximum Gasteiger partial charge on any atom is 0.331 e. The molecule has 4 nitrogen and oxygen atoms in total. The van der Waals surface area contributed by atoms with Gasteiger partial charge in [-0.15, -0.1) is 0 Å². The summed E-state index contributed by atoms with van der Waals surface area (Å²) in [4.78, 5) is 13.0. The molecule has 1 spiro atoms. The number of esters is 1. The highest BCUT2D eigenvalue weighted by molar-refractivity contribution is 6.30. The molecule has 33 heavy (non-hydrogen) atoms. The van der Waals surface area contributed by atoms with Crippen LogP contribution in [0.15, 0.2) is 36.4 Å². The fraction of sp³-hybridized carbons (Fsp3) is 0.500. The molecule has 2 aromatic carbocycles. The van der Waals surface area contributed by atoms with Gasteiger partial charge in [0, 0.05) is 17.3 Å². The van der Waals surface area contributed by atoms with E-state index in [1.165, 1.54) is 19.2 Å². The van der Waals surface area contributed by atoms with Gasteiger partial charge in [-0.05, 0) is 97.2 Å². The maximum absolute atomic E-state index is 14.3. The number of aliphatic hydroxyl groups excluding tert-OH is 1. The molecule has 2 aromatic rings. The molecule has 0 aliphatic heterocycles. The predicted molar refractivity (Wildman–Crippen MR) is 124 cm³/mol. The number of carbonyl (C=O) groups is 1. The standard InChI is InChI=1S/C26H30ClF2NO3/c1-16(15-31)10-18-11-17-12-22(28)23(29)14-21(17)25(18)6-8-26(9-7-25,24(32)33-2)30-20-5-3-4-19(27)13-20/h3-5,12-14,16,18,30-31H,6-11,15H2,1-2H3/t16-,18+,25?,26?/m1/s1. The topological polar surface area (TPSA) is 58.6 Å². The van der Waals surface area contributed by atoms with Crippen molar-refractivity contribution >= 4 is 23.3 Å². The lowest BCUT2D eigenvalue weighted by Crippen LogP contribution is -2.53. The van der Waals surface area contributed by atoms with E-state index in [2.05, 4.69) is 5.32 Å². The zero-order valence-electron chi connectivity index (χ0n) is 19.0. The van der Waals surface area contributed by atoms with Crippen molar-refractivity contribution in [2.45, 2.75) is 56.4 Å². The first-order valence-corrected chi connectivity index (χ1v) is 11.8. The summed E-state index contributed by atoms with van der Waals surface area (Å²) in [5.41, 5.74) is 1.10. The van der Waals surface area contributed by atoms with Crippen molar-refractivity contribution in [2.24, 2.45) is 11.8 Å². The monoisotopic (exact) mass is 477 g/mol. The molecule has 0 heterocycles. The Labute approximate surface area is 198 Å². The summed E-state index contributed by atoms with van der Waals surface area (Å²) in [6.07, 6.45) is 3.60. The fourth-order valence-corrected chi connectivity index (χ4v) is 6.18. The molecule has 0 radical (unpaired) electrons. The van der Waals surface area contributed by atoms with Crippen molar-refractivity contribution in [3.05, 3.63) is 64.2 Å². The van der Waals surface area contributed by atoms with Gasteiger partial charge in [-0.25, -0.2) is 13.6 Å². The van der Waals surface area contributed by atoms with Gasteiger partial charge in [0.15, 0.2) is 11.6 Å². The minimum Gasteiger partial charge on any atom is -0.467 e. The second kappa shape index (κ2) is 9.22. The van der Waals surface area contributed by atoms with E-state index in [-0.39, 0.29) is 29.8 Å². The highest BCUT2D eigenvalue weighted by Gasteiger charge is 2.54. The molecule has 7 heteroatoms. The Bertz CT molecular complexity index is 1040. The van der Waals surface area contributed by atoms with E-state index in [4.69, 9.17) is 16.3 Å². The Morgan fingerprint density at radius 1 is 1.21 bits per heavy atom. The quantitative estimate of drug-likeness (QED) is 0.528. The summed E-state index contributed by atoms with van der Waals surface area (Å²) in [5, 5.41) is 13.6. The van der Waals surface area contributed by atoms with Crippen LogP contribution in [-0.4, -0.2) is 30.3 Å². The number of rotatable bonds is 6. The number of fused-ring (bicyclic) bond motifs is 2. The summed E-state index contributed by atoms with van der Waals surface area (Å²) in [7, 11) is 1.38. The van der Waals surface area contributed by atoms with E-state index in [1.807, 2.05) is 19.1 Å². The number of methoxy groups -OCH3 is 1. The number of aliphatic hydroxyl groups is 1. The van der Waals surface area contributed by atoms with Gasteiger partial charge in [0.2, 0.25) is 0 Å². The number of carbonyl (C=O) groups excluding carboxylic acids is 1. The molecule has 2 aliphatic rings. The van der Waals surface area contributed by atoms with Gasteiger partial charge < -0.3 is 15.2 Å². The van der Waals surface area contributed by atoms with Crippen LogP contribution in [0.1, 0.15) is 50.2 Å². The van der Waals surface area contributed by atoms with Crippen molar-refractivity contribution < 1.29 is 23.4 Å². The summed E-state index contributed by atoms with van der Waals surface area (Å²) >= 11 is 6.14. The van der Waals surface area contributed by atoms with Gasteiger partial charge in [-0.2, -0.15) is 0 Å². The van der Waals surface area contributed by atoms with Gasteiger partial charge in [0.05, 0.1) is 7.11 Å². The number of nitrogens with one attached hydrogen (secondary N) is 1. The summed E-state index contributed by atoms with van der Waals surface area (Å²) < 4.78 is 33.5. The first-order chi connectivity index (χ1) is 15.7. The molecule has 0 unspecified atom stereocenters. The third-order valence-corrected chi connectivity index (χ3v) is 7.94. The van der Waals surface area contributed by atoms with Gasteiger partial charge in [-0.1, -0.05) is 24.6 Å². The average Bonchev–Trinajstić information content (AvgIpc) is 3.07. The number of halogens is 3. The van der Waals surface area contributed by atoms with Crippen LogP contribution in [-0.2, 0) is 21.4 Å². The fourth-order valence-electron chi connectivity index (χ4n) is 5.99. The van der Waals surface area contributed by atoms with E-state index in [1.54, 1.807) is 12.1 Å². The van der Waals surface area contributed by atoms with E-state index >= 15 is 0 Å². The lowest BCUT2D eigenvalue weighted by Gasteiger charge is -2.47. The number of hydrogen-bond donors (Lipinski definition) is 2. The Hall–Kier alpha value is -2.18. The van der Waals surface area contributed by atoms with Gasteiger partial charge in [0.1, 0.15) is 5.54 Å². The van der Waals surface area contributed by atoms with Crippen molar-refractivity contribution in [3.63, 3.8) is 0 Å². The molecule has 2 N–H and O–H groups in total. The van der Waals surface area contributed by atoms with Gasteiger partial charge in [0.25, 0.3) is 0 Å². The molecular weight excluding hydrogens is 448 g/mol. The Morgan fingerprint density at radius 3 is 2.55 bits per heavy atom. The molecule has 178 valence electrons. The van der Waals surface area contributed by atoms with Crippen LogP contribution in [0.2, 0.25) is 5.02 Å². The van der Waals surface area contributed by atoms with Crippen molar-refractivity contribution in [2.75, 3.05) is 19.0 Å². The van der Waals surface area contributed by atoms with Crippen LogP contribution in [0.5, 0.6) is 0 Å². The molecule has 0 bridgehead atoms. The number of benzene rings is 2. The Morgan fingerprint density at radius 2 is 1.91 bits per heavy atom. The predicted octanol–water partition coefficient (Wildman–Crippen LogP) is 5.64. The number of hydrogen-bond acceptors (Lipinski definition) is 4. The van der Waals surface area contributed by atoms with Gasteiger partial charge >= 0.3 is 5.97 Å². The van der Waals surface area contributed by atoms with E-state index < -0.39 is 17.2 Å². The molecular formula is C26H30ClF2NO3. The minimum atomic E-state index is -0.931. The van der Waals surface area contributed by atoms with Crippen LogP contribution in [0.25, 0.3) is 0 Å². The number of ether oxygens (including phenoxy) is 1. The third kappa shape index (κ3) is 4.35. The largest absolute Gasteiger partial charge is 0.467 e. The van der Waals surface area contributed by atoms with Crippen LogP contribution in [0.3, 0.4) is 0 Å². The summed E-state index contributed by atoms with van der Waals surface area (Å²) in [5.74, 6) is -1.81. The zero-order valence-corrected chi connectivity index (χ0v) is 19.7. The molecule has 0 amide bonds. The highest BCUT2D eigenvalue weighted by atomic mass is 35.5. The van der Waals surface area contributed by atoms with Crippen LogP contribution < -0.4 is 5.32 Å². The zero-order chi connectivity index (χ0) is 23.8. The Balaban J connectivity index is 1.68. The van der Waals surface area contributed by atoms with Gasteiger partial charge in [-0.3, -0.25) is 0 Å². The van der Waals surface area contributed by atoms with Crippen LogP contribution in [0.4, 0.5) is 14.5 Å². The molecule has 1 fully saturated rings. The van der Waals surface area contributed by atoms with Crippen LogP contribution >= 0.6 is 11.6 Å². The first-order valence-electron chi connectivity index (χ1n) is 11.4. The highest BCUT2D eigenvalue weighted by Crippen LogP contribution is 2.56. The van der Waals surface area contributed by atoms with Crippen molar-refractivity contribution in [1.29, 1.82) is 0 Å². The molecule has 0 aromatic heterocycles. The second-order valence-electron chi connectivity index (χ2n) is 9.71. The van der Waals surface area contributed by atoms with Crippen molar-refractivity contribution in [3.8, 4) is 0 Å². The Kier molecular flexibility index (Phi) is 6.70. The van der Waals surface area contributed by atoms with E-state index in [0.29, 0.717) is 37.1 Å². The van der Waals surface area contributed by atoms with Crippen LogP contribution in [0, 0.1) is 23.5 Å². The molecule has 4 rings (SSSR count). The second-order valence-corrected chi connectivity index (χ2v) is 10.1. The summed E-state index contributed by atoms with van der Waals surface area (Å²) in [6, 6.07) is 9.88. The normalized spacial score (nSPS) is 27.3. The minimum absolute atomic E-state index is 0.0636. The van der Waals surface area contributed by atoms with E-state index in [0.717, 1.165) is 23.2 Å². The molecule has 2 aliphatic carbocycles. The van der Waals surface area contributed by atoms with Crippen molar-refractivity contribution in [1.82, 2.24) is 0 Å². The first kappa shape index (κ1) is 24.0. The lowest BCUT2D eigenvalue weighted by atomic mass is 9.59. The molecule has 1 saturated carbocycles. The maximum atomic E-state index is 14.3. The molecule has 2 atom stereocenters. The van der Waals surface area contributed by atoms with E-state index in [9.17, 15) is 18.7 Å². The third-order valence-electron chi connectivity index (χ3n) is 7.71. The summed E-state index contributed by atoms with van der Waals surface area (Å²) in [6.45, 7) is 2.05. The SMILES string of the molecule is COC(=O)C1(Nc2cccc(Cl)c2)CCC2(CC1)c1cc(F)c(F)cc1C[C@@H]2C[C@@H](C)CO.